The van der Waals surface area contributed by atoms with Crippen LogP contribution in [-0.2, 0) is 11.3 Å². The van der Waals surface area contributed by atoms with E-state index >= 15 is 0 Å². The topological polar surface area (TPSA) is 99.4 Å². The number of aryl methyl sites for hydroxylation is 2. The first-order valence-electron chi connectivity index (χ1n) is 10.8. The van der Waals surface area contributed by atoms with E-state index in [-0.39, 0.29) is 18.6 Å². The summed E-state index contributed by atoms with van der Waals surface area (Å²) in [7, 11) is 0. The molecule has 1 amide bonds. The number of ether oxygens (including phenoxy) is 1. The molecule has 0 aliphatic heterocycles. The van der Waals surface area contributed by atoms with Gasteiger partial charge in [-0.2, -0.15) is 10.2 Å². The number of carbonyl (C=O) groups excluding carboxylic acids is 1. The molecule has 0 unspecified atom stereocenters. The van der Waals surface area contributed by atoms with Crippen LogP contribution in [0.15, 0.2) is 54.9 Å². The fourth-order valence-corrected chi connectivity index (χ4v) is 3.81. The van der Waals surface area contributed by atoms with Crippen molar-refractivity contribution in [3.63, 3.8) is 0 Å². The lowest BCUT2D eigenvalue weighted by Gasteiger charge is -2.20. The van der Waals surface area contributed by atoms with E-state index < -0.39 is 0 Å². The molecule has 7 heteroatoms. The van der Waals surface area contributed by atoms with E-state index in [1.807, 2.05) is 18.2 Å². The Bertz CT molecular complexity index is 1100. The number of amides is 1. The smallest absolute Gasteiger partial charge is 0.257 e. The zero-order valence-electron chi connectivity index (χ0n) is 18.4. The summed E-state index contributed by atoms with van der Waals surface area (Å²) in [6.45, 7) is 4.29. The standard InChI is InChI=1S/C25H28N4O3/c1-16-6-7-19(17(2)10-16)11-21(15-31-26)29-25(30)23-13-27-28-14-24(23)32-22-5-3-4-20(12-22)18-8-9-18/h3-7,10,12-14,18,21H,8-9,11,15,26H2,1-2H3,(H,29,30)/t21-/m1/s1. The van der Waals surface area contributed by atoms with Crippen molar-refractivity contribution in [1.82, 2.24) is 15.5 Å². The Balaban J connectivity index is 1.50. The molecule has 2 aromatic carbocycles. The van der Waals surface area contributed by atoms with E-state index in [0.29, 0.717) is 29.4 Å². The molecule has 7 nitrogen and oxygen atoms in total. The van der Waals surface area contributed by atoms with E-state index in [4.69, 9.17) is 15.5 Å². The predicted molar refractivity (Wildman–Crippen MR) is 122 cm³/mol. The highest BCUT2D eigenvalue weighted by molar-refractivity contribution is 5.96. The highest BCUT2D eigenvalue weighted by Gasteiger charge is 2.24. The summed E-state index contributed by atoms with van der Waals surface area (Å²) in [5.74, 6) is 6.65. The Hall–Kier alpha value is -3.29. The third-order valence-corrected chi connectivity index (χ3v) is 5.67. The molecule has 1 aliphatic carbocycles. The SMILES string of the molecule is Cc1ccc(C[C@H](CON)NC(=O)c2cnncc2Oc2cccc(C3CC3)c2)c(C)c1. The van der Waals surface area contributed by atoms with Crippen molar-refractivity contribution in [2.24, 2.45) is 5.90 Å². The van der Waals surface area contributed by atoms with Gasteiger partial charge in [-0.25, -0.2) is 5.90 Å². The minimum Gasteiger partial charge on any atom is -0.455 e. The van der Waals surface area contributed by atoms with Gasteiger partial charge in [-0.05, 0) is 67.9 Å². The van der Waals surface area contributed by atoms with Gasteiger partial charge in [0.1, 0.15) is 11.3 Å². The third kappa shape index (κ3) is 5.49. The van der Waals surface area contributed by atoms with Crippen molar-refractivity contribution in [3.8, 4) is 11.5 Å². The number of hydrogen-bond acceptors (Lipinski definition) is 6. The summed E-state index contributed by atoms with van der Waals surface area (Å²) in [4.78, 5) is 18.0. The molecule has 1 saturated carbocycles. The van der Waals surface area contributed by atoms with Gasteiger partial charge in [0.25, 0.3) is 5.91 Å². The van der Waals surface area contributed by atoms with Gasteiger partial charge >= 0.3 is 0 Å². The van der Waals surface area contributed by atoms with Crippen molar-refractivity contribution in [2.45, 2.75) is 45.1 Å². The molecule has 3 N–H and O–H groups in total. The van der Waals surface area contributed by atoms with E-state index in [0.717, 1.165) is 11.1 Å². The van der Waals surface area contributed by atoms with Crippen LogP contribution in [0, 0.1) is 13.8 Å². The van der Waals surface area contributed by atoms with Crippen LogP contribution in [-0.4, -0.2) is 28.8 Å². The maximum absolute atomic E-state index is 13.1. The average Bonchev–Trinajstić information content (AvgIpc) is 3.62. The van der Waals surface area contributed by atoms with Gasteiger partial charge in [0.15, 0.2) is 5.75 Å². The second-order valence-corrected chi connectivity index (χ2v) is 8.35. The lowest BCUT2D eigenvalue weighted by atomic mass is 9.99. The quantitative estimate of drug-likeness (QED) is 0.496. The third-order valence-electron chi connectivity index (χ3n) is 5.67. The molecule has 1 atom stereocenters. The predicted octanol–water partition coefficient (Wildman–Crippen LogP) is 3.99. The minimum absolute atomic E-state index is 0.178. The monoisotopic (exact) mass is 432 g/mol. The lowest BCUT2D eigenvalue weighted by Crippen LogP contribution is -2.40. The number of aromatic nitrogens is 2. The average molecular weight is 433 g/mol. The lowest BCUT2D eigenvalue weighted by molar-refractivity contribution is 0.0837. The first-order chi connectivity index (χ1) is 15.5. The Kier molecular flexibility index (Phi) is 6.78. The van der Waals surface area contributed by atoms with Crippen LogP contribution in [0.5, 0.6) is 11.5 Å². The van der Waals surface area contributed by atoms with Crippen molar-refractivity contribution in [2.75, 3.05) is 6.61 Å². The van der Waals surface area contributed by atoms with Crippen molar-refractivity contribution < 1.29 is 14.4 Å². The Morgan fingerprint density at radius 3 is 2.72 bits per heavy atom. The molecule has 1 aliphatic rings. The van der Waals surface area contributed by atoms with Gasteiger partial charge in [-0.3, -0.25) is 4.79 Å². The second-order valence-electron chi connectivity index (χ2n) is 8.35. The summed E-state index contributed by atoms with van der Waals surface area (Å²) >= 11 is 0. The molecule has 0 bridgehead atoms. The highest BCUT2D eigenvalue weighted by atomic mass is 16.6. The molecule has 0 radical (unpaired) electrons. The van der Waals surface area contributed by atoms with Crippen LogP contribution in [0.3, 0.4) is 0 Å². The number of nitrogens with zero attached hydrogens (tertiary/aromatic N) is 2. The Morgan fingerprint density at radius 2 is 1.97 bits per heavy atom. The van der Waals surface area contributed by atoms with E-state index in [1.54, 1.807) is 0 Å². The fraction of sp³-hybridized carbons (Fsp3) is 0.320. The summed E-state index contributed by atoms with van der Waals surface area (Å²) in [5.41, 5.74) is 5.03. The van der Waals surface area contributed by atoms with Crippen LogP contribution in [0.1, 0.15) is 51.4 Å². The van der Waals surface area contributed by atoms with Crippen molar-refractivity contribution in [1.29, 1.82) is 0 Å². The van der Waals surface area contributed by atoms with Crippen LogP contribution in [0.25, 0.3) is 0 Å². The van der Waals surface area contributed by atoms with E-state index in [2.05, 4.69) is 53.6 Å². The summed E-state index contributed by atoms with van der Waals surface area (Å²) in [5, 5.41) is 10.8. The molecular formula is C25H28N4O3. The maximum Gasteiger partial charge on any atom is 0.257 e. The van der Waals surface area contributed by atoms with Crippen molar-refractivity contribution >= 4 is 5.91 Å². The van der Waals surface area contributed by atoms with E-state index in [1.165, 1.54) is 36.4 Å². The molecule has 1 heterocycles. The summed E-state index contributed by atoms with van der Waals surface area (Å²) in [6.07, 6.45) is 5.87. The second kappa shape index (κ2) is 9.89. The van der Waals surface area contributed by atoms with Gasteiger partial charge in [-0.15, -0.1) is 0 Å². The molecule has 1 fully saturated rings. The van der Waals surface area contributed by atoms with Crippen LogP contribution in [0.4, 0.5) is 0 Å². The first kappa shape index (κ1) is 21.9. The summed E-state index contributed by atoms with van der Waals surface area (Å²) in [6, 6.07) is 13.9. The Labute approximate surface area is 187 Å². The van der Waals surface area contributed by atoms with Gasteiger partial charge in [0.2, 0.25) is 0 Å². The molecule has 32 heavy (non-hydrogen) atoms. The minimum atomic E-state index is -0.319. The van der Waals surface area contributed by atoms with E-state index in [9.17, 15) is 4.79 Å². The number of benzene rings is 2. The number of nitrogens with one attached hydrogen (secondary N) is 1. The van der Waals surface area contributed by atoms with Gasteiger partial charge < -0.3 is 14.9 Å². The fourth-order valence-electron chi connectivity index (χ4n) is 3.81. The van der Waals surface area contributed by atoms with Crippen molar-refractivity contribution in [3.05, 3.63) is 82.7 Å². The first-order valence-corrected chi connectivity index (χ1v) is 10.8. The zero-order valence-corrected chi connectivity index (χ0v) is 18.4. The van der Waals surface area contributed by atoms with Gasteiger partial charge in [0, 0.05) is 0 Å². The maximum atomic E-state index is 13.1. The summed E-state index contributed by atoms with van der Waals surface area (Å²) < 4.78 is 6.02. The number of hydrogen-bond donors (Lipinski definition) is 2. The number of rotatable bonds is 9. The van der Waals surface area contributed by atoms with Crippen LogP contribution >= 0.6 is 0 Å². The molecule has 0 saturated heterocycles. The number of carbonyl (C=O) groups is 1. The normalized spacial score (nSPS) is 14.1. The highest BCUT2D eigenvalue weighted by Crippen LogP contribution is 2.41. The zero-order chi connectivity index (χ0) is 22.5. The molecular weight excluding hydrogens is 404 g/mol. The molecule has 4 rings (SSSR count). The Morgan fingerprint density at radius 1 is 1.16 bits per heavy atom. The van der Waals surface area contributed by atoms with Crippen LogP contribution < -0.4 is 16.0 Å². The molecule has 1 aromatic heterocycles. The molecule has 0 spiro atoms. The van der Waals surface area contributed by atoms with Gasteiger partial charge in [-0.1, -0.05) is 35.9 Å². The molecule has 3 aromatic rings. The van der Waals surface area contributed by atoms with Gasteiger partial charge in [0.05, 0.1) is 25.0 Å². The molecule has 166 valence electrons. The number of nitrogens with two attached hydrogens (primary N) is 1. The van der Waals surface area contributed by atoms with Crippen LogP contribution in [0.2, 0.25) is 0 Å². The largest absolute Gasteiger partial charge is 0.455 e.